The number of nitrogens with zero attached hydrogens (tertiary/aromatic N) is 2. The minimum absolute atomic E-state index is 0. The molecule has 5 nitrogen and oxygen atoms in total. The van der Waals surface area contributed by atoms with Crippen LogP contribution in [0.25, 0.3) is 21.7 Å². The smallest absolute Gasteiger partial charge is 0.744 e. The summed E-state index contributed by atoms with van der Waals surface area (Å²) < 4.78 is 35.2. The van der Waals surface area contributed by atoms with Gasteiger partial charge in [0.1, 0.15) is 15.6 Å². The fraction of sp³-hybridized carbons (Fsp3) is 0. The van der Waals surface area contributed by atoms with Crippen molar-refractivity contribution in [2.45, 2.75) is 4.90 Å². The van der Waals surface area contributed by atoms with Crippen LogP contribution in [0.3, 0.4) is 0 Å². The minimum atomic E-state index is -4.52. The molecular weight excluding hydrogens is 295 g/mol. The fourth-order valence-electron chi connectivity index (χ4n) is 2.02. The second-order valence-electron chi connectivity index (χ2n) is 3.86. The van der Waals surface area contributed by atoms with Crippen molar-refractivity contribution in [2.24, 2.45) is 0 Å². The standard InChI is InChI=1S/C11H8N2O3S2.Na/c14-18(15,16)10-5-7-6-13(17)12-11(7)9-4-2-1-3-8(9)10;/h1-6,17H,(H,14,15,16);/q;+1/p-1. The molecule has 19 heavy (non-hydrogen) atoms. The maximum absolute atomic E-state index is 11.3. The summed E-state index contributed by atoms with van der Waals surface area (Å²) in [7, 11) is -4.52. The Morgan fingerprint density at radius 3 is 2.47 bits per heavy atom. The van der Waals surface area contributed by atoms with Crippen LogP contribution >= 0.6 is 12.8 Å². The Balaban J connectivity index is 0.00000133. The van der Waals surface area contributed by atoms with Crippen molar-refractivity contribution in [3.8, 4) is 0 Å². The third-order valence-corrected chi connectivity index (χ3v) is 3.82. The molecule has 0 fully saturated rings. The third kappa shape index (κ3) is 2.54. The second-order valence-corrected chi connectivity index (χ2v) is 5.62. The van der Waals surface area contributed by atoms with Gasteiger partial charge in [-0.1, -0.05) is 24.3 Å². The number of aromatic nitrogens is 2. The van der Waals surface area contributed by atoms with Crippen molar-refractivity contribution in [3.63, 3.8) is 0 Å². The van der Waals surface area contributed by atoms with Crippen molar-refractivity contribution >= 4 is 44.6 Å². The Labute approximate surface area is 137 Å². The van der Waals surface area contributed by atoms with E-state index in [4.69, 9.17) is 0 Å². The summed E-state index contributed by atoms with van der Waals surface area (Å²) in [5.41, 5.74) is 0.619. The summed E-state index contributed by atoms with van der Waals surface area (Å²) in [5, 5.41) is 5.72. The summed E-state index contributed by atoms with van der Waals surface area (Å²) in [5.74, 6) is 0. The van der Waals surface area contributed by atoms with E-state index in [-0.39, 0.29) is 34.5 Å². The van der Waals surface area contributed by atoms with Gasteiger partial charge < -0.3 is 4.55 Å². The SMILES string of the molecule is O=S(=O)([O-])c1cc2cn(S)nc2c2ccccc12.[Na+]. The molecule has 0 N–H and O–H groups in total. The molecule has 3 rings (SSSR count). The van der Waals surface area contributed by atoms with Gasteiger partial charge in [0.2, 0.25) is 0 Å². The van der Waals surface area contributed by atoms with Gasteiger partial charge in [-0.05, 0) is 18.9 Å². The van der Waals surface area contributed by atoms with Crippen LogP contribution in [0.5, 0.6) is 0 Å². The first-order valence-electron chi connectivity index (χ1n) is 5.03. The average molecular weight is 302 g/mol. The van der Waals surface area contributed by atoms with E-state index in [9.17, 15) is 13.0 Å². The van der Waals surface area contributed by atoms with Gasteiger partial charge in [-0.15, -0.1) is 0 Å². The van der Waals surface area contributed by atoms with Crippen LogP contribution < -0.4 is 29.6 Å². The molecule has 0 spiro atoms. The third-order valence-electron chi connectivity index (χ3n) is 2.73. The number of benzene rings is 2. The zero-order valence-corrected chi connectivity index (χ0v) is 13.6. The van der Waals surface area contributed by atoms with Gasteiger partial charge in [0.05, 0.1) is 4.90 Å². The molecule has 0 radical (unpaired) electrons. The first kappa shape index (κ1) is 14.8. The molecular formula is C11H7N2NaO3S2. The fourth-order valence-corrected chi connectivity index (χ4v) is 2.95. The minimum Gasteiger partial charge on any atom is -0.744 e. The zero-order valence-electron chi connectivity index (χ0n) is 9.94. The Hall–Kier alpha value is -0.570. The van der Waals surface area contributed by atoms with Crippen LogP contribution in [-0.4, -0.2) is 22.2 Å². The van der Waals surface area contributed by atoms with Gasteiger partial charge in [0.15, 0.2) is 0 Å². The van der Waals surface area contributed by atoms with Gasteiger partial charge in [-0.2, -0.15) is 5.10 Å². The van der Waals surface area contributed by atoms with Gasteiger partial charge in [-0.25, -0.2) is 12.5 Å². The molecule has 3 aromatic rings. The molecule has 92 valence electrons. The van der Waals surface area contributed by atoms with E-state index >= 15 is 0 Å². The Kier molecular flexibility index (Phi) is 3.97. The van der Waals surface area contributed by atoms with E-state index in [1.165, 1.54) is 10.2 Å². The second kappa shape index (κ2) is 5.08. The molecule has 0 bridgehead atoms. The van der Waals surface area contributed by atoms with Crippen LogP contribution in [0, 0.1) is 0 Å². The number of hydrogen-bond acceptors (Lipinski definition) is 5. The zero-order chi connectivity index (χ0) is 12.9. The molecule has 0 aliphatic heterocycles. The van der Waals surface area contributed by atoms with Crippen molar-refractivity contribution in [3.05, 3.63) is 36.5 Å². The molecule has 0 aliphatic rings. The first-order valence-corrected chi connectivity index (χ1v) is 6.84. The van der Waals surface area contributed by atoms with Crippen LogP contribution in [0.2, 0.25) is 0 Å². The normalized spacial score (nSPS) is 11.7. The van der Waals surface area contributed by atoms with Gasteiger partial charge in [-0.3, -0.25) is 0 Å². The Morgan fingerprint density at radius 1 is 1.21 bits per heavy atom. The maximum Gasteiger partial charge on any atom is 1.00 e. The summed E-state index contributed by atoms with van der Waals surface area (Å²) in [6, 6.07) is 8.10. The first-order chi connectivity index (χ1) is 8.47. The largest absolute Gasteiger partial charge is 1.00 e. The monoisotopic (exact) mass is 302 g/mol. The van der Waals surface area contributed by atoms with Gasteiger partial charge in [0, 0.05) is 22.4 Å². The average Bonchev–Trinajstić information content (AvgIpc) is 2.67. The molecule has 0 saturated carbocycles. The van der Waals surface area contributed by atoms with Crippen molar-refractivity contribution in [1.82, 2.24) is 9.19 Å². The Morgan fingerprint density at radius 2 is 1.84 bits per heavy atom. The molecule has 0 saturated heterocycles. The predicted molar refractivity (Wildman–Crippen MR) is 69.6 cm³/mol. The molecule has 0 atom stereocenters. The summed E-state index contributed by atoms with van der Waals surface area (Å²) in [4.78, 5) is -0.230. The summed E-state index contributed by atoms with van der Waals surface area (Å²) >= 11 is 4.05. The van der Waals surface area contributed by atoms with Crippen molar-refractivity contribution in [2.75, 3.05) is 0 Å². The molecule has 1 heterocycles. The van der Waals surface area contributed by atoms with Crippen molar-refractivity contribution in [1.29, 1.82) is 0 Å². The number of fused-ring (bicyclic) bond motifs is 3. The van der Waals surface area contributed by atoms with Gasteiger partial charge in [0.25, 0.3) is 0 Å². The molecule has 1 aromatic heterocycles. The van der Waals surface area contributed by atoms with Crippen LogP contribution in [0.4, 0.5) is 0 Å². The van der Waals surface area contributed by atoms with Crippen LogP contribution in [-0.2, 0) is 10.1 Å². The number of hydrogen-bond donors (Lipinski definition) is 1. The van der Waals surface area contributed by atoms with E-state index < -0.39 is 10.1 Å². The molecule has 2 aromatic carbocycles. The van der Waals surface area contributed by atoms with Crippen LogP contribution in [0.15, 0.2) is 41.4 Å². The van der Waals surface area contributed by atoms with Crippen LogP contribution in [0.1, 0.15) is 0 Å². The van der Waals surface area contributed by atoms with E-state index in [2.05, 4.69) is 17.9 Å². The Bertz CT molecular complexity index is 874. The van der Waals surface area contributed by atoms with E-state index in [0.717, 1.165) is 0 Å². The van der Waals surface area contributed by atoms with Gasteiger partial charge >= 0.3 is 29.6 Å². The van der Waals surface area contributed by atoms with Crippen molar-refractivity contribution < 1.29 is 42.5 Å². The quantitative estimate of drug-likeness (QED) is 0.348. The predicted octanol–water partition coefficient (Wildman–Crippen LogP) is -1.21. The molecule has 0 aliphatic carbocycles. The molecule has 8 heteroatoms. The molecule has 0 amide bonds. The van der Waals surface area contributed by atoms with E-state index in [1.807, 2.05) is 0 Å². The maximum atomic E-state index is 11.3. The topological polar surface area (TPSA) is 75.0 Å². The summed E-state index contributed by atoms with van der Waals surface area (Å²) in [6.07, 6.45) is 1.56. The number of thiol groups is 1. The van der Waals surface area contributed by atoms with E-state index in [0.29, 0.717) is 21.7 Å². The number of rotatable bonds is 1. The van der Waals surface area contributed by atoms with E-state index in [1.54, 1.807) is 30.5 Å². The summed E-state index contributed by atoms with van der Waals surface area (Å²) in [6.45, 7) is 0. The molecule has 0 unspecified atom stereocenters.